The Labute approximate surface area is 177 Å². The monoisotopic (exact) mass is 419 g/mol. The highest BCUT2D eigenvalue weighted by molar-refractivity contribution is 5.69. The van der Waals surface area contributed by atoms with Crippen LogP contribution in [-0.2, 0) is 35.3 Å². The number of hydrogen-bond donors (Lipinski definition) is 0. The summed E-state index contributed by atoms with van der Waals surface area (Å²) in [5.74, 6) is 0.320. The second-order valence-corrected chi connectivity index (χ2v) is 9.69. The molecule has 1 aliphatic carbocycles. The molecule has 4 saturated heterocycles. The zero-order chi connectivity index (χ0) is 21.1. The summed E-state index contributed by atoms with van der Waals surface area (Å²) in [6.07, 6.45) is 5.29. The zero-order valence-corrected chi connectivity index (χ0v) is 18.3. The molecule has 5 heterocycles. The van der Waals surface area contributed by atoms with Gasteiger partial charge in [0.1, 0.15) is 12.6 Å². The van der Waals surface area contributed by atoms with Crippen molar-refractivity contribution in [3.05, 3.63) is 24.0 Å². The molecule has 5 aliphatic rings. The van der Waals surface area contributed by atoms with E-state index in [9.17, 15) is 4.79 Å². The molecule has 0 aromatic carbocycles. The van der Waals surface area contributed by atoms with Gasteiger partial charge in [-0.05, 0) is 63.0 Å². The van der Waals surface area contributed by atoms with E-state index in [1.165, 1.54) is 6.42 Å². The molecule has 6 rings (SSSR count). The third-order valence-electron chi connectivity index (χ3n) is 7.92. The van der Waals surface area contributed by atoms with Gasteiger partial charge in [0, 0.05) is 24.2 Å². The summed E-state index contributed by atoms with van der Waals surface area (Å²) in [6, 6.07) is 4.00. The number of ether oxygens (including phenoxy) is 3. The summed E-state index contributed by atoms with van der Waals surface area (Å²) >= 11 is 0. The smallest absolute Gasteiger partial charge is 0.325 e. The maximum absolute atomic E-state index is 12.1. The molecule has 1 saturated carbocycles. The fourth-order valence-electron chi connectivity index (χ4n) is 6.42. The Bertz CT molecular complexity index is 809. The Morgan fingerprint density at radius 2 is 2.07 bits per heavy atom. The number of aromatic nitrogens is 1. The second-order valence-electron chi connectivity index (χ2n) is 9.69. The molecule has 30 heavy (non-hydrogen) atoms. The lowest BCUT2D eigenvalue weighted by Crippen LogP contribution is -2.69. The third-order valence-corrected chi connectivity index (χ3v) is 7.92. The van der Waals surface area contributed by atoms with Crippen LogP contribution >= 0.6 is 0 Å². The van der Waals surface area contributed by atoms with Gasteiger partial charge in [0.15, 0.2) is 11.9 Å². The van der Waals surface area contributed by atoms with Gasteiger partial charge in [0.25, 0.3) is 0 Å². The highest BCUT2D eigenvalue weighted by Gasteiger charge is 2.69. The first kappa shape index (κ1) is 20.5. The van der Waals surface area contributed by atoms with Crippen LogP contribution in [0.1, 0.15) is 65.2 Å². The average molecular weight is 420 g/mol. The van der Waals surface area contributed by atoms with E-state index in [1.54, 1.807) is 0 Å². The predicted octanol–water partition coefficient (Wildman–Crippen LogP) is 3.97. The summed E-state index contributed by atoms with van der Waals surface area (Å²) in [5.41, 5.74) is 0.415. The normalized spacial score (nSPS) is 44.9. The molecule has 2 bridgehead atoms. The lowest BCUT2D eigenvalue weighted by molar-refractivity contribution is -0.571. The first-order valence-corrected chi connectivity index (χ1v) is 11.4. The Morgan fingerprint density at radius 1 is 1.23 bits per heavy atom. The minimum absolute atomic E-state index is 0.182. The second kappa shape index (κ2) is 7.33. The van der Waals surface area contributed by atoms with Crippen LogP contribution < -0.4 is 0 Å². The first-order chi connectivity index (χ1) is 14.4. The lowest BCUT2D eigenvalue weighted by atomic mass is 9.57. The van der Waals surface area contributed by atoms with Crippen molar-refractivity contribution in [3.63, 3.8) is 0 Å². The summed E-state index contributed by atoms with van der Waals surface area (Å²) in [7, 11) is 0. The van der Waals surface area contributed by atoms with Crippen LogP contribution in [0.3, 0.4) is 0 Å². The van der Waals surface area contributed by atoms with E-state index in [0.717, 1.165) is 25.0 Å². The van der Waals surface area contributed by atoms with Crippen LogP contribution in [0.15, 0.2) is 18.3 Å². The first-order valence-electron chi connectivity index (χ1n) is 11.4. The van der Waals surface area contributed by atoms with E-state index in [2.05, 4.69) is 13.8 Å². The molecule has 1 aromatic heterocycles. The number of carbonyl (C=O) groups excluding carboxylic acids is 1. The Balaban J connectivity index is 1.50. The lowest BCUT2D eigenvalue weighted by Gasteiger charge is -2.60. The molecule has 7 heteroatoms. The fraction of sp³-hybridized carbons (Fsp3) is 0.783. The van der Waals surface area contributed by atoms with Crippen LogP contribution in [0, 0.1) is 23.7 Å². The van der Waals surface area contributed by atoms with Crippen molar-refractivity contribution in [2.75, 3.05) is 6.61 Å². The average Bonchev–Trinajstić information content (AvgIpc) is 3.03. The van der Waals surface area contributed by atoms with Gasteiger partial charge in [0.05, 0.1) is 6.61 Å². The van der Waals surface area contributed by atoms with Crippen molar-refractivity contribution in [2.45, 2.75) is 83.7 Å². The quantitative estimate of drug-likeness (QED) is 0.543. The Kier molecular flexibility index (Phi) is 5.01. The van der Waals surface area contributed by atoms with Crippen molar-refractivity contribution < 1.29 is 28.8 Å². The molecule has 0 unspecified atom stereocenters. The maximum atomic E-state index is 12.1. The highest BCUT2D eigenvalue weighted by Crippen LogP contribution is 2.62. The van der Waals surface area contributed by atoms with Crippen molar-refractivity contribution >= 4 is 5.97 Å². The van der Waals surface area contributed by atoms with Crippen LogP contribution in [0.4, 0.5) is 0 Å². The van der Waals surface area contributed by atoms with Gasteiger partial charge >= 0.3 is 5.97 Å². The molecule has 166 valence electrons. The van der Waals surface area contributed by atoms with Crippen molar-refractivity contribution in [3.8, 4) is 0 Å². The minimum atomic E-state index is -0.782. The van der Waals surface area contributed by atoms with Crippen LogP contribution in [0.5, 0.6) is 0 Å². The van der Waals surface area contributed by atoms with Crippen LogP contribution in [0.2, 0.25) is 0 Å². The number of rotatable bonds is 4. The van der Waals surface area contributed by atoms with E-state index in [0.29, 0.717) is 18.4 Å². The van der Waals surface area contributed by atoms with Crippen molar-refractivity contribution in [1.82, 2.24) is 4.57 Å². The molecule has 0 N–H and O–H groups in total. The summed E-state index contributed by atoms with van der Waals surface area (Å²) in [5, 5.41) is 0. The molecular formula is C23H33NO6. The van der Waals surface area contributed by atoms with Gasteiger partial charge in [-0.25, -0.2) is 9.78 Å². The summed E-state index contributed by atoms with van der Waals surface area (Å²) < 4.78 is 20.2. The predicted molar refractivity (Wildman–Crippen MR) is 107 cm³/mol. The molecule has 0 radical (unpaired) electrons. The number of esters is 1. The van der Waals surface area contributed by atoms with Crippen molar-refractivity contribution in [1.29, 1.82) is 0 Å². The van der Waals surface area contributed by atoms with Crippen LogP contribution in [0.25, 0.3) is 0 Å². The summed E-state index contributed by atoms with van der Waals surface area (Å²) in [4.78, 5) is 24.2. The van der Waals surface area contributed by atoms with Gasteiger partial charge in [-0.3, -0.25) is 4.79 Å². The topological polar surface area (TPSA) is 68.2 Å². The number of fused-ring (bicyclic) bond motifs is 2. The van der Waals surface area contributed by atoms with Crippen LogP contribution in [-0.4, -0.2) is 34.8 Å². The number of carbonyl (C=O) groups is 1. The van der Waals surface area contributed by atoms with E-state index in [-0.39, 0.29) is 30.5 Å². The number of nitrogens with zero attached hydrogens (tertiary/aromatic N) is 1. The molecule has 1 aromatic rings. The molecule has 7 nitrogen and oxygen atoms in total. The molecule has 1 spiro atoms. The molecule has 5 fully saturated rings. The largest absolute Gasteiger partial charge is 0.465 e. The van der Waals surface area contributed by atoms with E-state index >= 15 is 0 Å². The maximum Gasteiger partial charge on any atom is 0.325 e. The van der Waals surface area contributed by atoms with Gasteiger partial charge in [-0.1, -0.05) is 13.8 Å². The Hall–Kier alpha value is -1.41. The molecule has 8 atom stereocenters. The fourth-order valence-corrected chi connectivity index (χ4v) is 6.42. The van der Waals surface area contributed by atoms with Gasteiger partial charge < -0.3 is 18.8 Å². The van der Waals surface area contributed by atoms with E-state index < -0.39 is 17.7 Å². The SMILES string of the molecule is CCOC(=O)Cn1cccc1[C@@H]1O[C@@H]2O[C@]3(C)CC[C@H]4[C@H](C)CC[C@@H]([C@H]1C)[C@@]24OO3. The van der Waals surface area contributed by atoms with E-state index in [1.807, 2.05) is 36.7 Å². The minimum Gasteiger partial charge on any atom is -0.465 e. The zero-order valence-electron chi connectivity index (χ0n) is 18.3. The van der Waals surface area contributed by atoms with E-state index in [4.69, 9.17) is 24.0 Å². The standard InChI is InChI=1S/C23H33NO6/c1-5-26-19(25)13-24-12-6-7-18(24)20-15(3)17-9-8-14(2)16-10-11-22(4)28-21(27-20)23(16,17)30-29-22/h6-7,12,14-17,20-21H,5,8-11,13H2,1-4H3/t14-,15-,16+,17+,20-,21-,22+,23-/m1/s1. The highest BCUT2D eigenvalue weighted by atomic mass is 17.3. The van der Waals surface area contributed by atoms with Gasteiger partial charge in [-0.2, -0.15) is 0 Å². The molecule has 0 amide bonds. The number of hydrogen-bond acceptors (Lipinski definition) is 6. The summed E-state index contributed by atoms with van der Waals surface area (Å²) in [6.45, 7) is 8.87. The Morgan fingerprint density at radius 3 is 2.87 bits per heavy atom. The van der Waals surface area contributed by atoms with Gasteiger partial charge in [-0.15, -0.1) is 0 Å². The third kappa shape index (κ3) is 2.97. The van der Waals surface area contributed by atoms with Crippen molar-refractivity contribution in [2.24, 2.45) is 23.7 Å². The molecule has 4 aliphatic heterocycles. The molecular weight excluding hydrogens is 386 g/mol. The van der Waals surface area contributed by atoms with Gasteiger partial charge in [0.2, 0.25) is 5.79 Å².